The summed E-state index contributed by atoms with van der Waals surface area (Å²) >= 11 is 0.922. The number of aromatic nitrogens is 2. The van der Waals surface area contributed by atoms with Gasteiger partial charge in [0, 0.05) is 19.2 Å². The van der Waals surface area contributed by atoms with Crippen LogP contribution in [-0.2, 0) is 4.79 Å². The van der Waals surface area contributed by atoms with Gasteiger partial charge in [0.1, 0.15) is 11.6 Å². The van der Waals surface area contributed by atoms with E-state index in [1.807, 2.05) is 12.1 Å². The summed E-state index contributed by atoms with van der Waals surface area (Å²) in [5.74, 6) is -2.23. The average molecular weight is 453 g/mol. The van der Waals surface area contributed by atoms with Crippen LogP contribution in [0, 0.1) is 34.3 Å². The zero-order chi connectivity index (χ0) is 23.1. The van der Waals surface area contributed by atoms with E-state index in [0.29, 0.717) is 11.6 Å². The SMILES string of the molecule is N#CCCN(CCC#N)C(=O)CSc1nc2ccccc2c(=O)n1-c1ccc(F)cc1F. The second kappa shape index (κ2) is 10.5. The number of nitriles is 2. The van der Waals surface area contributed by atoms with Crippen LogP contribution in [0.4, 0.5) is 8.78 Å². The van der Waals surface area contributed by atoms with E-state index >= 15 is 0 Å². The van der Waals surface area contributed by atoms with Crippen LogP contribution in [0.2, 0.25) is 0 Å². The second-order valence-electron chi connectivity index (χ2n) is 6.63. The number of hydrogen-bond donors (Lipinski definition) is 0. The smallest absolute Gasteiger partial charge is 0.266 e. The first-order valence-electron chi connectivity index (χ1n) is 9.58. The molecule has 0 atom stereocenters. The van der Waals surface area contributed by atoms with E-state index in [1.165, 1.54) is 4.90 Å². The van der Waals surface area contributed by atoms with Crippen LogP contribution in [0.5, 0.6) is 0 Å². The summed E-state index contributed by atoms with van der Waals surface area (Å²) in [6.45, 7) is 0.338. The van der Waals surface area contributed by atoms with Gasteiger partial charge in [-0.05, 0) is 24.3 Å². The minimum Gasteiger partial charge on any atom is -0.340 e. The van der Waals surface area contributed by atoms with Crippen molar-refractivity contribution in [2.45, 2.75) is 18.0 Å². The Kier molecular flexibility index (Phi) is 7.53. The Morgan fingerprint density at radius 3 is 2.44 bits per heavy atom. The first-order valence-corrected chi connectivity index (χ1v) is 10.6. The monoisotopic (exact) mass is 453 g/mol. The van der Waals surface area contributed by atoms with Crippen LogP contribution in [0.1, 0.15) is 12.8 Å². The molecule has 32 heavy (non-hydrogen) atoms. The highest BCUT2D eigenvalue weighted by atomic mass is 32.2. The van der Waals surface area contributed by atoms with Gasteiger partial charge in [0.2, 0.25) is 5.91 Å². The lowest BCUT2D eigenvalue weighted by Crippen LogP contribution is -2.34. The third-order valence-electron chi connectivity index (χ3n) is 4.56. The third kappa shape index (κ3) is 5.10. The van der Waals surface area contributed by atoms with E-state index < -0.39 is 17.2 Å². The Morgan fingerprint density at radius 2 is 1.78 bits per heavy atom. The first-order chi connectivity index (χ1) is 15.5. The molecule has 0 fully saturated rings. The van der Waals surface area contributed by atoms with Gasteiger partial charge in [-0.3, -0.25) is 14.2 Å². The summed E-state index contributed by atoms with van der Waals surface area (Å²) in [5, 5.41) is 17.9. The maximum Gasteiger partial charge on any atom is 0.266 e. The largest absolute Gasteiger partial charge is 0.340 e. The van der Waals surface area contributed by atoms with Gasteiger partial charge >= 0.3 is 0 Å². The summed E-state index contributed by atoms with van der Waals surface area (Å²) in [6.07, 6.45) is 0.225. The summed E-state index contributed by atoms with van der Waals surface area (Å²) in [7, 11) is 0. The van der Waals surface area contributed by atoms with Crippen LogP contribution in [0.3, 0.4) is 0 Å². The van der Waals surface area contributed by atoms with E-state index in [-0.39, 0.29) is 53.8 Å². The van der Waals surface area contributed by atoms with Gasteiger partial charge in [-0.2, -0.15) is 10.5 Å². The molecule has 2 aromatic carbocycles. The zero-order valence-corrected chi connectivity index (χ0v) is 17.6. The van der Waals surface area contributed by atoms with Crippen LogP contribution < -0.4 is 5.56 Å². The molecule has 10 heteroatoms. The minimum atomic E-state index is -0.943. The Hall–Kier alpha value is -3.76. The lowest BCUT2D eigenvalue weighted by Gasteiger charge is -2.20. The Labute approximate surface area is 186 Å². The number of hydrogen-bond acceptors (Lipinski definition) is 6. The highest BCUT2D eigenvalue weighted by Crippen LogP contribution is 2.23. The van der Waals surface area contributed by atoms with Crippen LogP contribution in [0.15, 0.2) is 52.4 Å². The maximum absolute atomic E-state index is 14.5. The summed E-state index contributed by atoms with van der Waals surface area (Å²) in [6, 6.07) is 13.3. The van der Waals surface area contributed by atoms with Crippen molar-refractivity contribution >= 4 is 28.6 Å². The predicted molar refractivity (Wildman–Crippen MR) is 115 cm³/mol. The van der Waals surface area contributed by atoms with E-state index in [9.17, 15) is 18.4 Å². The Balaban J connectivity index is 2.00. The van der Waals surface area contributed by atoms with Crippen LogP contribution >= 0.6 is 11.8 Å². The molecule has 0 bridgehead atoms. The second-order valence-corrected chi connectivity index (χ2v) is 7.58. The van der Waals surface area contributed by atoms with Crippen molar-refractivity contribution in [3.05, 3.63) is 64.5 Å². The molecule has 0 unspecified atom stereocenters. The summed E-state index contributed by atoms with van der Waals surface area (Å²) < 4.78 is 29.0. The molecule has 0 aliphatic heterocycles. The number of carbonyl (C=O) groups is 1. The van der Waals surface area contributed by atoms with Crippen molar-refractivity contribution in [1.29, 1.82) is 10.5 Å². The molecule has 0 spiro atoms. The molecular formula is C22H17F2N5O2S. The molecule has 0 radical (unpaired) electrons. The number of halogens is 2. The minimum absolute atomic E-state index is 0.0630. The lowest BCUT2D eigenvalue weighted by molar-refractivity contribution is -0.128. The highest BCUT2D eigenvalue weighted by molar-refractivity contribution is 7.99. The number of rotatable bonds is 8. The first kappa shape index (κ1) is 22.9. The molecule has 1 aromatic heterocycles. The third-order valence-corrected chi connectivity index (χ3v) is 5.48. The topological polar surface area (TPSA) is 103 Å². The number of thioether (sulfide) groups is 1. The molecule has 0 saturated heterocycles. The van der Waals surface area contributed by atoms with Crippen molar-refractivity contribution in [1.82, 2.24) is 14.5 Å². The Bertz CT molecular complexity index is 1280. The van der Waals surface area contributed by atoms with Crippen molar-refractivity contribution in [3.8, 4) is 17.8 Å². The molecule has 0 aliphatic carbocycles. The van der Waals surface area contributed by atoms with E-state index in [2.05, 4.69) is 4.98 Å². The fourth-order valence-corrected chi connectivity index (χ4v) is 3.94. The number of nitrogens with zero attached hydrogens (tertiary/aromatic N) is 5. The quantitative estimate of drug-likeness (QED) is 0.383. The predicted octanol–water partition coefficient (Wildman–Crippen LogP) is 3.41. The molecule has 0 saturated carbocycles. The molecule has 1 amide bonds. The molecule has 162 valence electrons. The summed E-state index contributed by atoms with van der Waals surface area (Å²) in [4.78, 5) is 31.6. The molecule has 1 heterocycles. The lowest BCUT2D eigenvalue weighted by atomic mass is 10.2. The van der Waals surface area contributed by atoms with Crippen LogP contribution in [0.25, 0.3) is 16.6 Å². The van der Waals surface area contributed by atoms with Crippen LogP contribution in [-0.4, -0.2) is 39.2 Å². The van der Waals surface area contributed by atoms with Crippen molar-refractivity contribution in [3.63, 3.8) is 0 Å². The van der Waals surface area contributed by atoms with Gasteiger partial charge in [-0.15, -0.1) is 0 Å². The van der Waals surface area contributed by atoms with Crippen molar-refractivity contribution in [2.24, 2.45) is 0 Å². The molecule has 0 N–H and O–H groups in total. The fourth-order valence-electron chi connectivity index (χ4n) is 3.03. The van der Waals surface area contributed by atoms with E-state index in [0.717, 1.165) is 28.5 Å². The van der Waals surface area contributed by atoms with E-state index in [1.54, 1.807) is 24.3 Å². The average Bonchev–Trinajstić information content (AvgIpc) is 2.78. The number of fused-ring (bicyclic) bond motifs is 1. The highest BCUT2D eigenvalue weighted by Gasteiger charge is 2.19. The molecule has 7 nitrogen and oxygen atoms in total. The van der Waals surface area contributed by atoms with Gasteiger partial charge in [0.25, 0.3) is 5.56 Å². The van der Waals surface area contributed by atoms with Gasteiger partial charge in [0.15, 0.2) is 5.16 Å². The van der Waals surface area contributed by atoms with E-state index in [4.69, 9.17) is 10.5 Å². The number of amides is 1. The molecule has 3 rings (SSSR count). The number of benzene rings is 2. The fraction of sp³-hybridized carbons (Fsp3) is 0.227. The Morgan fingerprint density at radius 1 is 1.09 bits per heavy atom. The zero-order valence-electron chi connectivity index (χ0n) is 16.8. The van der Waals surface area contributed by atoms with Crippen molar-refractivity contribution in [2.75, 3.05) is 18.8 Å². The molecule has 0 aliphatic rings. The number of carbonyl (C=O) groups excluding carboxylic acids is 1. The normalized spacial score (nSPS) is 10.5. The van der Waals surface area contributed by atoms with Gasteiger partial charge in [-0.1, -0.05) is 23.9 Å². The van der Waals surface area contributed by atoms with Crippen molar-refractivity contribution < 1.29 is 13.6 Å². The summed E-state index contributed by atoms with van der Waals surface area (Å²) in [5.41, 5.74) is -0.366. The van der Waals surface area contributed by atoms with Gasteiger partial charge in [-0.25, -0.2) is 13.8 Å². The molecular weight excluding hydrogens is 436 g/mol. The van der Waals surface area contributed by atoms with Gasteiger partial charge < -0.3 is 4.90 Å². The standard InChI is InChI=1S/C22H17F2N5O2S/c23-15-7-8-19(17(24)13-15)29-21(31)16-5-1-2-6-18(16)27-22(29)32-14-20(30)28(11-3-9-25)12-4-10-26/h1-2,5-8,13H,3-4,11-12,14H2. The number of para-hydroxylation sites is 1. The van der Waals surface area contributed by atoms with Gasteiger partial charge in [0.05, 0.1) is 47.3 Å². The molecule has 3 aromatic rings. The maximum atomic E-state index is 14.5.